The maximum Gasteiger partial charge on any atom is 0.247 e. The van der Waals surface area contributed by atoms with Gasteiger partial charge >= 0.3 is 0 Å². The van der Waals surface area contributed by atoms with E-state index in [4.69, 9.17) is 4.42 Å². The number of aryl methyl sites for hydroxylation is 1. The van der Waals surface area contributed by atoms with Gasteiger partial charge in [-0.1, -0.05) is 6.07 Å². The van der Waals surface area contributed by atoms with Crippen molar-refractivity contribution in [2.45, 2.75) is 44.7 Å². The highest BCUT2D eigenvalue weighted by molar-refractivity contribution is 5.94. The summed E-state index contributed by atoms with van der Waals surface area (Å²) in [5, 5.41) is 15.6. The van der Waals surface area contributed by atoms with Crippen molar-refractivity contribution in [1.82, 2.24) is 20.5 Å². The lowest BCUT2D eigenvalue weighted by Crippen LogP contribution is -2.44. The fourth-order valence-corrected chi connectivity index (χ4v) is 3.97. The quantitative estimate of drug-likeness (QED) is 0.590. The van der Waals surface area contributed by atoms with Gasteiger partial charge in [0.05, 0.1) is 6.04 Å². The Morgan fingerprint density at radius 3 is 2.58 bits per heavy atom. The Balaban J connectivity index is 1.39. The van der Waals surface area contributed by atoms with Crippen LogP contribution in [0.1, 0.15) is 31.6 Å². The van der Waals surface area contributed by atoms with Crippen LogP contribution >= 0.6 is 0 Å². The number of alkyl halides is 2. The summed E-state index contributed by atoms with van der Waals surface area (Å²) < 4.78 is 30.9. The third kappa shape index (κ3) is 5.04. The molecule has 31 heavy (non-hydrogen) atoms. The summed E-state index contributed by atoms with van der Waals surface area (Å²) in [6.07, 6.45) is 4.48. The van der Waals surface area contributed by atoms with Crippen molar-refractivity contribution in [1.29, 1.82) is 0 Å². The van der Waals surface area contributed by atoms with Crippen LogP contribution in [0.15, 0.2) is 34.9 Å². The van der Waals surface area contributed by atoms with Gasteiger partial charge < -0.3 is 15.1 Å². The molecule has 2 N–H and O–H groups in total. The SMILES string of the molecule is Cc1nnc(-c2ccc3cnc(NC(=O)C4CCC(NC(CF)CF)CC4)cc3c2)o1. The van der Waals surface area contributed by atoms with Gasteiger partial charge in [0.15, 0.2) is 0 Å². The second kappa shape index (κ2) is 9.47. The van der Waals surface area contributed by atoms with Crippen LogP contribution < -0.4 is 10.6 Å². The summed E-state index contributed by atoms with van der Waals surface area (Å²) in [6.45, 7) is 0.288. The van der Waals surface area contributed by atoms with E-state index in [0.29, 0.717) is 43.3 Å². The number of benzene rings is 1. The highest BCUT2D eigenvalue weighted by Gasteiger charge is 2.27. The Bertz CT molecular complexity index is 1050. The molecule has 164 valence electrons. The van der Waals surface area contributed by atoms with Gasteiger partial charge in [0, 0.05) is 36.0 Å². The molecule has 1 aromatic carbocycles. The van der Waals surface area contributed by atoms with Crippen molar-refractivity contribution in [2.75, 3.05) is 18.7 Å². The van der Waals surface area contributed by atoms with Gasteiger partial charge in [-0.25, -0.2) is 13.8 Å². The molecular weight excluding hydrogens is 404 g/mol. The first-order valence-corrected chi connectivity index (χ1v) is 10.4. The Labute approximate surface area is 178 Å². The lowest BCUT2D eigenvalue weighted by atomic mass is 9.85. The highest BCUT2D eigenvalue weighted by Crippen LogP contribution is 2.27. The molecule has 1 aliphatic rings. The normalized spacial score (nSPS) is 19.1. The molecule has 0 saturated heterocycles. The standard InChI is InChI=1S/C22H25F2N5O2/c1-13-28-29-22(31-13)15-2-3-16-12-25-20(9-17(16)8-15)27-21(30)14-4-6-18(7-5-14)26-19(10-23)11-24/h2-3,8-9,12,14,18-19,26H,4-7,10-11H2,1H3,(H,25,27,30). The van der Waals surface area contributed by atoms with Gasteiger partial charge in [-0.05, 0) is 49.3 Å². The minimum atomic E-state index is -0.752. The molecule has 2 heterocycles. The number of hydrogen-bond acceptors (Lipinski definition) is 6. The Hall–Kier alpha value is -2.94. The fraction of sp³-hybridized carbons (Fsp3) is 0.455. The molecule has 1 aliphatic carbocycles. The number of halogens is 2. The zero-order valence-corrected chi connectivity index (χ0v) is 17.3. The molecule has 2 aromatic heterocycles. The average Bonchev–Trinajstić information content (AvgIpc) is 3.23. The van der Waals surface area contributed by atoms with Crippen LogP contribution in [0, 0.1) is 12.8 Å². The monoisotopic (exact) mass is 429 g/mol. The van der Waals surface area contributed by atoms with E-state index < -0.39 is 19.4 Å². The maximum absolute atomic E-state index is 12.7. The van der Waals surface area contributed by atoms with Gasteiger partial charge in [0.2, 0.25) is 17.7 Å². The second-order valence-electron chi connectivity index (χ2n) is 7.97. The van der Waals surface area contributed by atoms with E-state index in [1.54, 1.807) is 13.1 Å². The van der Waals surface area contributed by atoms with Crippen molar-refractivity contribution in [3.8, 4) is 11.5 Å². The zero-order chi connectivity index (χ0) is 21.8. The molecule has 0 radical (unpaired) electrons. The minimum absolute atomic E-state index is 0.0473. The van der Waals surface area contributed by atoms with Crippen molar-refractivity contribution in [3.05, 3.63) is 36.4 Å². The van der Waals surface area contributed by atoms with Crippen LogP contribution in [0.3, 0.4) is 0 Å². The van der Waals surface area contributed by atoms with E-state index in [1.165, 1.54) is 0 Å². The fourth-order valence-electron chi connectivity index (χ4n) is 3.97. The van der Waals surface area contributed by atoms with E-state index in [-0.39, 0.29) is 17.9 Å². The van der Waals surface area contributed by atoms with E-state index >= 15 is 0 Å². The molecule has 0 bridgehead atoms. The third-order valence-corrected chi connectivity index (χ3v) is 5.69. The molecule has 1 amide bonds. The van der Waals surface area contributed by atoms with Crippen molar-refractivity contribution >= 4 is 22.5 Å². The molecule has 3 aromatic rings. The maximum atomic E-state index is 12.7. The number of hydrogen-bond donors (Lipinski definition) is 2. The topological polar surface area (TPSA) is 92.9 Å². The molecule has 0 aliphatic heterocycles. The van der Waals surface area contributed by atoms with Crippen molar-refractivity contribution in [3.63, 3.8) is 0 Å². The van der Waals surface area contributed by atoms with E-state index in [9.17, 15) is 13.6 Å². The molecule has 0 atom stereocenters. The number of carbonyl (C=O) groups is 1. The smallest absolute Gasteiger partial charge is 0.247 e. The van der Waals surface area contributed by atoms with E-state index in [2.05, 4.69) is 25.8 Å². The molecule has 1 saturated carbocycles. The van der Waals surface area contributed by atoms with Gasteiger partial charge in [0.25, 0.3) is 0 Å². The molecule has 0 unspecified atom stereocenters. The van der Waals surface area contributed by atoms with Crippen LogP contribution in [0.4, 0.5) is 14.6 Å². The number of pyridine rings is 1. The lowest BCUT2D eigenvalue weighted by Gasteiger charge is -2.30. The third-order valence-electron chi connectivity index (χ3n) is 5.69. The number of anilines is 1. The minimum Gasteiger partial charge on any atom is -0.421 e. The van der Waals surface area contributed by atoms with Crippen LogP contribution in [0.2, 0.25) is 0 Å². The Morgan fingerprint density at radius 1 is 1.13 bits per heavy atom. The molecular formula is C22H25F2N5O2. The first kappa shape index (κ1) is 21.3. The lowest BCUT2D eigenvalue weighted by molar-refractivity contribution is -0.120. The molecule has 1 fully saturated rings. The summed E-state index contributed by atoms with van der Waals surface area (Å²) in [4.78, 5) is 17.1. The van der Waals surface area contributed by atoms with Crippen LogP contribution in [0.25, 0.3) is 22.2 Å². The number of aromatic nitrogens is 3. The zero-order valence-electron chi connectivity index (χ0n) is 17.3. The first-order chi connectivity index (χ1) is 15.1. The molecule has 0 spiro atoms. The largest absolute Gasteiger partial charge is 0.421 e. The summed E-state index contributed by atoms with van der Waals surface area (Å²) >= 11 is 0. The number of amides is 1. The van der Waals surface area contributed by atoms with Crippen molar-refractivity contribution < 1.29 is 18.0 Å². The summed E-state index contributed by atoms with van der Waals surface area (Å²) in [5.41, 5.74) is 0.794. The number of carbonyl (C=O) groups excluding carboxylic acids is 1. The van der Waals surface area contributed by atoms with E-state index in [0.717, 1.165) is 16.3 Å². The van der Waals surface area contributed by atoms with Gasteiger partial charge in [-0.3, -0.25) is 4.79 Å². The molecule has 4 rings (SSSR count). The van der Waals surface area contributed by atoms with Crippen LogP contribution in [0.5, 0.6) is 0 Å². The summed E-state index contributed by atoms with van der Waals surface area (Å²) in [6, 6.07) is 6.84. The number of nitrogens with one attached hydrogen (secondary N) is 2. The Kier molecular flexibility index (Phi) is 6.50. The van der Waals surface area contributed by atoms with E-state index in [1.807, 2.05) is 24.3 Å². The summed E-state index contributed by atoms with van der Waals surface area (Å²) in [5.74, 6) is 1.19. The summed E-state index contributed by atoms with van der Waals surface area (Å²) in [7, 11) is 0. The van der Waals surface area contributed by atoms with Gasteiger partial charge in [-0.2, -0.15) is 0 Å². The number of nitrogens with zero attached hydrogens (tertiary/aromatic N) is 3. The van der Waals surface area contributed by atoms with Crippen LogP contribution in [-0.2, 0) is 4.79 Å². The second-order valence-corrected chi connectivity index (χ2v) is 7.97. The van der Waals surface area contributed by atoms with Gasteiger partial charge in [-0.15, -0.1) is 10.2 Å². The predicted molar refractivity (Wildman–Crippen MR) is 113 cm³/mol. The number of fused-ring (bicyclic) bond motifs is 1. The predicted octanol–water partition coefficient (Wildman–Crippen LogP) is 3.99. The van der Waals surface area contributed by atoms with Crippen LogP contribution in [-0.4, -0.2) is 46.5 Å². The highest BCUT2D eigenvalue weighted by atomic mass is 19.1. The van der Waals surface area contributed by atoms with Gasteiger partial charge in [0.1, 0.15) is 19.2 Å². The Morgan fingerprint density at radius 2 is 1.90 bits per heavy atom. The average molecular weight is 429 g/mol. The van der Waals surface area contributed by atoms with Crippen molar-refractivity contribution in [2.24, 2.45) is 5.92 Å². The molecule has 7 nitrogen and oxygen atoms in total. The first-order valence-electron chi connectivity index (χ1n) is 10.4. The molecule has 9 heteroatoms. The number of rotatable bonds is 7.